The van der Waals surface area contributed by atoms with Gasteiger partial charge < -0.3 is 10.6 Å². The first-order valence-electron chi connectivity index (χ1n) is 6.23. The fourth-order valence-corrected chi connectivity index (χ4v) is 1.51. The van der Waals surface area contributed by atoms with Crippen molar-refractivity contribution in [3.8, 4) is 0 Å². The maximum absolute atomic E-state index is 8.94. The molecule has 2 heterocycles. The standard InChI is InChI=1S/C12H17N7O/c1-8(2)15-11-16-10(17-12(18-11)19-20)14-7-9-4-3-5-13-6-9/h3-6,8,20H,7H2,1-2H3,(H3,14,15,16,17,18,19). The van der Waals surface area contributed by atoms with Gasteiger partial charge in [0.15, 0.2) is 0 Å². The van der Waals surface area contributed by atoms with E-state index >= 15 is 0 Å². The third kappa shape index (κ3) is 4.02. The van der Waals surface area contributed by atoms with Gasteiger partial charge in [-0.1, -0.05) is 6.07 Å². The Bertz CT molecular complexity index is 547. The van der Waals surface area contributed by atoms with Crippen LogP contribution in [0, 0.1) is 0 Å². The molecule has 0 saturated heterocycles. The Hall–Kier alpha value is -2.48. The number of nitrogens with zero attached hydrogens (tertiary/aromatic N) is 4. The van der Waals surface area contributed by atoms with Gasteiger partial charge >= 0.3 is 0 Å². The molecule has 0 atom stereocenters. The fourth-order valence-electron chi connectivity index (χ4n) is 1.51. The third-order valence-corrected chi connectivity index (χ3v) is 2.33. The maximum Gasteiger partial charge on any atom is 0.253 e. The summed E-state index contributed by atoms with van der Waals surface area (Å²) in [5.41, 5.74) is 2.93. The normalized spacial score (nSPS) is 10.4. The van der Waals surface area contributed by atoms with Crippen LogP contribution in [-0.4, -0.2) is 31.2 Å². The van der Waals surface area contributed by atoms with E-state index in [0.29, 0.717) is 18.4 Å². The average molecular weight is 275 g/mol. The van der Waals surface area contributed by atoms with Crippen LogP contribution in [0.3, 0.4) is 0 Å². The second kappa shape index (κ2) is 6.62. The molecule has 8 nitrogen and oxygen atoms in total. The van der Waals surface area contributed by atoms with Gasteiger partial charge in [0.1, 0.15) is 0 Å². The van der Waals surface area contributed by atoms with Gasteiger partial charge in [-0.05, 0) is 25.5 Å². The first kappa shape index (κ1) is 13.9. The Morgan fingerprint density at radius 1 is 1.15 bits per heavy atom. The van der Waals surface area contributed by atoms with Crippen LogP contribution in [0.15, 0.2) is 24.5 Å². The summed E-state index contributed by atoms with van der Waals surface area (Å²) in [6.07, 6.45) is 3.47. The van der Waals surface area contributed by atoms with Crippen molar-refractivity contribution < 1.29 is 5.21 Å². The Morgan fingerprint density at radius 3 is 2.55 bits per heavy atom. The largest absolute Gasteiger partial charge is 0.352 e. The Morgan fingerprint density at radius 2 is 1.90 bits per heavy atom. The van der Waals surface area contributed by atoms with E-state index in [9.17, 15) is 0 Å². The average Bonchev–Trinajstić information content (AvgIpc) is 2.45. The summed E-state index contributed by atoms with van der Waals surface area (Å²) >= 11 is 0. The Balaban J connectivity index is 2.10. The summed E-state index contributed by atoms with van der Waals surface area (Å²) in [6, 6.07) is 3.98. The summed E-state index contributed by atoms with van der Waals surface area (Å²) < 4.78 is 0. The van der Waals surface area contributed by atoms with E-state index in [1.165, 1.54) is 0 Å². The fraction of sp³-hybridized carbons (Fsp3) is 0.333. The van der Waals surface area contributed by atoms with Crippen molar-refractivity contribution in [1.82, 2.24) is 19.9 Å². The quantitative estimate of drug-likeness (QED) is 0.587. The van der Waals surface area contributed by atoms with Gasteiger partial charge in [0.05, 0.1) is 0 Å². The van der Waals surface area contributed by atoms with Gasteiger partial charge in [0.2, 0.25) is 11.9 Å². The number of aromatic nitrogens is 4. The zero-order chi connectivity index (χ0) is 14.4. The lowest BCUT2D eigenvalue weighted by Gasteiger charge is -2.11. The third-order valence-electron chi connectivity index (χ3n) is 2.33. The zero-order valence-electron chi connectivity index (χ0n) is 11.3. The molecule has 0 aliphatic carbocycles. The molecule has 0 aromatic carbocycles. The molecule has 2 rings (SSSR count). The number of rotatable bonds is 6. The van der Waals surface area contributed by atoms with Crippen LogP contribution in [0.1, 0.15) is 19.4 Å². The Kier molecular flexibility index (Phi) is 4.61. The van der Waals surface area contributed by atoms with Crippen LogP contribution in [0.5, 0.6) is 0 Å². The summed E-state index contributed by atoms with van der Waals surface area (Å²) in [5, 5.41) is 15.0. The molecular formula is C12H17N7O. The number of nitrogens with one attached hydrogen (secondary N) is 3. The van der Waals surface area contributed by atoms with Gasteiger partial charge in [0, 0.05) is 25.0 Å². The van der Waals surface area contributed by atoms with Crippen molar-refractivity contribution in [1.29, 1.82) is 0 Å². The van der Waals surface area contributed by atoms with Crippen molar-refractivity contribution in [2.24, 2.45) is 0 Å². The number of pyridine rings is 1. The molecular weight excluding hydrogens is 258 g/mol. The highest BCUT2D eigenvalue weighted by Gasteiger charge is 2.06. The van der Waals surface area contributed by atoms with Crippen LogP contribution in [0.2, 0.25) is 0 Å². The minimum absolute atomic E-state index is 0.0804. The Labute approximate surface area is 116 Å². The van der Waals surface area contributed by atoms with E-state index < -0.39 is 0 Å². The van der Waals surface area contributed by atoms with E-state index in [1.54, 1.807) is 12.4 Å². The molecule has 0 saturated carbocycles. The predicted molar refractivity (Wildman–Crippen MR) is 75.6 cm³/mol. The van der Waals surface area contributed by atoms with Crippen LogP contribution >= 0.6 is 0 Å². The highest BCUT2D eigenvalue weighted by atomic mass is 16.5. The molecule has 2 aromatic heterocycles. The number of hydrogen-bond donors (Lipinski definition) is 4. The molecule has 106 valence electrons. The lowest BCUT2D eigenvalue weighted by Crippen LogP contribution is -2.15. The van der Waals surface area contributed by atoms with Gasteiger partial charge in [0.25, 0.3) is 5.95 Å². The van der Waals surface area contributed by atoms with Crippen LogP contribution in [-0.2, 0) is 6.54 Å². The van der Waals surface area contributed by atoms with E-state index in [1.807, 2.05) is 31.5 Å². The summed E-state index contributed by atoms with van der Waals surface area (Å²) in [5.74, 6) is 0.834. The zero-order valence-corrected chi connectivity index (χ0v) is 11.3. The van der Waals surface area contributed by atoms with Crippen molar-refractivity contribution in [2.75, 3.05) is 16.1 Å². The van der Waals surface area contributed by atoms with Gasteiger partial charge in [-0.2, -0.15) is 15.0 Å². The molecule has 8 heteroatoms. The molecule has 0 aliphatic heterocycles. The molecule has 0 unspecified atom stereocenters. The number of anilines is 3. The van der Waals surface area contributed by atoms with E-state index in [2.05, 4.69) is 30.6 Å². The molecule has 0 radical (unpaired) electrons. The van der Waals surface area contributed by atoms with Gasteiger partial charge in [-0.3, -0.25) is 10.2 Å². The molecule has 4 N–H and O–H groups in total. The van der Waals surface area contributed by atoms with E-state index in [4.69, 9.17) is 5.21 Å². The minimum Gasteiger partial charge on any atom is -0.352 e. The monoisotopic (exact) mass is 275 g/mol. The predicted octanol–water partition coefficient (Wildman–Crippen LogP) is 1.50. The topological polar surface area (TPSA) is 108 Å². The first-order valence-corrected chi connectivity index (χ1v) is 6.23. The SMILES string of the molecule is CC(C)Nc1nc(NO)nc(NCc2cccnc2)n1. The van der Waals surface area contributed by atoms with E-state index in [0.717, 1.165) is 5.56 Å². The van der Waals surface area contributed by atoms with Gasteiger partial charge in [-0.25, -0.2) is 5.48 Å². The van der Waals surface area contributed by atoms with Crippen molar-refractivity contribution in [3.05, 3.63) is 30.1 Å². The highest BCUT2D eigenvalue weighted by molar-refractivity contribution is 5.41. The second-order valence-electron chi connectivity index (χ2n) is 4.43. The lowest BCUT2D eigenvalue weighted by atomic mass is 10.3. The van der Waals surface area contributed by atoms with Crippen LogP contribution in [0.4, 0.5) is 17.8 Å². The maximum atomic E-state index is 8.94. The van der Waals surface area contributed by atoms with Crippen LogP contribution < -0.4 is 16.1 Å². The molecule has 0 aliphatic rings. The molecule has 0 fully saturated rings. The lowest BCUT2D eigenvalue weighted by molar-refractivity contribution is 0.382. The molecule has 20 heavy (non-hydrogen) atoms. The summed E-state index contributed by atoms with van der Waals surface area (Å²) in [6.45, 7) is 4.47. The van der Waals surface area contributed by atoms with Gasteiger partial charge in [-0.15, -0.1) is 0 Å². The van der Waals surface area contributed by atoms with Crippen molar-refractivity contribution in [2.45, 2.75) is 26.4 Å². The van der Waals surface area contributed by atoms with Crippen molar-refractivity contribution >= 4 is 17.8 Å². The smallest absolute Gasteiger partial charge is 0.253 e. The van der Waals surface area contributed by atoms with Crippen molar-refractivity contribution in [3.63, 3.8) is 0 Å². The molecule has 2 aromatic rings. The molecule has 0 bridgehead atoms. The summed E-state index contributed by atoms with van der Waals surface area (Å²) in [7, 11) is 0. The number of hydrogen-bond acceptors (Lipinski definition) is 8. The molecule has 0 spiro atoms. The van der Waals surface area contributed by atoms with E-state index in [-0.39, 0.29) is 12.0 Å². The first-order chi connectivity index (χ1) is 9.67. The minimum atomic E-state index is 0.0804. The summed E-state index contributed by atoms with van der Waals surface area (Å²) in [4.78, 5) is 16.3. The second-order valence-corrected chi connectivity index (χ2v) is 4.43. The highest BCUT2D eigenvalue weighted by Crippen LogP contribution is 2.10. The van der Waals surface area contributed by atoms with Crippen LogP contribution in [0.25, 0.3) is 0 Å². The molecule has 0 amide bonds.